The van der Waals surface area contributed by atoms with Gasteiger partial charge in [-0.25, -0.2) is 4.39 Å². The quantitative estimate of drug-likeness (QED) is 0.925. The molecule has 18 heavy (non-hydrogen) atoms. The fraction of sp³-hybridized carbons (Fsp3) is 0.571. The van der Waals surface area contributed by atoms with Crippen LogP contribution in [0.1, 0.15) is 31.2 Å². The van der Waals surface area contributed by atoms with Crippen LogP contribution in [0.15, 0.2) is 22.7 Å². The Labute approximate surface area is 116 Å². The second-order valence-electron chi connectivity index (χ2n) is 4.93. The van der Waals surface area contributed by atoms with Crippen molar-refractivity contribution in [3.63, 3.8) is 0 Å². The maximum absolute atomic E-state index is 13.3. The van der Waals surface area contributed by atoms with Gasteiger partial charge in [0.15, 0.2) is 0 Å². The van der Waals surface area contributed by atoms with Crippen LogP contribution in [0.3, 0.4) is 0 Å². The van der Waals surface area contributed by atoms with Gasteiger partial charge >= 0.3 is 0 Å². The SMILES string of the molecule is OCC1CCCCCN1Cc1cc(F)cc(Br)c1. The van der Waals surface area contributed by atoms with Gasteiger partial charge in [-0.1, -0.05) is 28.8 Å². The van der Waals surface area contributed by atoms with Crippen molar-refractivity contribution in [2.45, 2.75) is 38.3 Å². The summed E-state index contributed by atoms with van der Waals surface area (Å²) in [6.45, 7) is 1.89. The molecular weight excluding hydrogens is 297 g/mol. The molecule has 0 aromatic heterocycles. The topological polar surface area (TPSA) is 23.5 Å². The molecule has 1 heterocycles. The summed E-state index contributed by atoms with van der Waals surface area (Å²) >= 11 is 3.32. The molecule has 4 heteroatoms. The van der Waals surface area contributed by atoms with Crippen molar-refractivity contribution in [2.75, 3.05) is 13.2 Å². The zero-order valence-corrected chi connectivity index (χ0v) is 12.0. The predicted molar refractivity (Wildman–Crippen MR) is 73.9 cm³/mol. The molecule has 1 atom stereocenters. The van der Waals surface area contributed by atoms with Gasteiger partial charge in [0.25, 0.3) is 0 Å². The van der Waals surface area contributed by atoms with E-state index in [1.165, 1.54) is 18.9 Å². The summed E-state index contributed by atoms with van der Waals surface area (Å²) in [4.78, 5) is 2.27. The van der Waals surface area contributed by atoms with Crippen LogP contribution in [-0.4, -0.2) is 29.2 Å². The first-order valence-corrected chi connectivity index (χ1v) is 7.28. The van der Waals surface area contributed by atoms with E-state index in [0.29, 0.717) is 6.54 Å². The maximum atomic E-state index is 13.3. The van der Waals surface area contributed by atoms with E-state index in [1.54, 1.807) is 6.07 Å². The van der Waals surface area contributed by atoms with E-state index in [4.69, 9.17) is 0 Å². The second kappa shape index (κ2) is 6.64. The summed E-state index contributed by atoms with van der Waals surface area (Å²) < 4.78 is 14.1. The number of nitrogens with zero attached hydrogens (tertiary/aromatic N) is 1. The van der Waals surface area contributed by atoms with Gasteiger partial charge in [0.2, 0.25) is 0 Å². The third kappa shape index (κ3) is 3.77. The molecule has 0 radical (unpaired) electrons. The molecular formula is C14H19BrFNO. The van der Waals surface area contributed by atoms with Crippen molar-refractivity contribution in [1.82, 2.24) is 4.90 Å². The molecule has 1 unspecified atom stereocenters. The van der Waals surface area contributed by atoms with Crippen LogP contribution in [0.25, 0.3) is 0 Å². The van der Waals surface area contributed by atoms with Crippen LogP contribution in [0.5, 0.6) is 0 Å². The van der Waals surface area contributed by atoms with Crippen LogP contribution in [0.4, 0.5) is 4.39 Å². The summed E-state index contributed by atoms with van der Waals surface area (Å²) in [5.41, 5.74) is 0.960. The lowest BCUT2D eigenvalue weighted by Crippen LogP contribution is -2.36. The van der Waals surface area contributed by atoms with Crippen LogP contribution in [-0.2, 0) is 6.54 Å². The Balaban J connectivity index is 2.09. The Kier molecular flexibility index (Phi) is 5.15. The molecule has 100 valence electrons. The van der Waals surface area contributed by atoms with Gasteiger partial charge in [0.1, 0.15) is 5.82 Å². The molecule has 1 aliphatic heterocycles. The largest absolute Gasteiger partial charge is 0.395 e. The van der Waals surface area contributed by atoms with Gasteiger partial charge in [-0.15, -0.1) is 0 Å². The first-order chi connectivity index (χ1) is 8.69. The van der Waals surface area contributed by atoms with Crippen LogP contribution >= 0.6 is 15.9 Å². The highest BCUT2D eigenvalue weighted by Gasteiger charge is 2.20. The zero-order valence-electron chi connectivity index (χ0n) is 10.4. The molecule has 0 bridgehead atoms. The highest BCUT2D eigenvalue weighted by molar-refractivity contribution is 9.10. The summed E-state index contributed by atoms with van der Waals surface area (Å²) in [6.07, 6.45) is 4.59. The van der Waals surface area contributed by atoms with E-state index < -0.39 is 0 Å². The minimum absolute atomic E-state index is 0.191. The molecule has 1 fully saturated rings. The smallest absolute Gasteiger partial charge is 0.124 e. The molecule has 1 saturated heterocycles. The fourth-order valence-corrected chi connectivity index (χ4v) is 3.10. The number of hydrogen-bond acceptors (Lipinski definition) is 2. The molecule has 0 aliphatic carbocycles. The minimum atomic E-state index is -0.213. The molecule has 2 nitrogen and oxygen atoms in total. The van der Waals surface area contributed by atoms with Gasteiger partial charge in [-0.3, -0.25) is 4.90 Å². The second-order valence-corrected chi connectivity index (χ2v) is 5.85. The number of hydrogen-bond donors (Lipinski definition) is 1. The molecule has 0 spiro atoms. The normalized spacial score (nSPS) is 21.8. The highest BCUT2D eigenvalue weighted by atomic mass is 79.9. The summed E-state index contributed by atoms with van der Waals surface area (Å²) in [5.74, 6) is -0.213. The molecule has 1 aromatic rings. The van der Waals surface area contributed by atoms with Gasteiger partial charge in [0.05, 0.1) is 6.61 Å². The molecule has 0 saturated carbocycles. The maximum Gasteiger partial charge on any atom is 0.124 e. The first kappa shape index (κ1) is 14.0. The minimum Gasteiger partial charge on any atom is -0.395 e. The van der Waals surface area contributed by atoms with E-state index in [-0.39, 0.29) is 18.5 Å². The third-order valence-corrected chi connectivity index (χ3v) is 3.98. The van der Waals surface area contributed by atoms with Gasteiger partial charge in [-0.2, -0.15) is 0 Å². The Morgan fingerprint density at radius 2 is 2.11 bits per heavy atom. The Hall–Kier alpha value is -0.450. The van der Waals surface area contributed by atoms with Gasteiger partial charge in [-0.05, 0) is 43.1 Å². The monoisotopic (exact) mass is 315 g/mol. The zero-order chi connectivity index (χ0) is 13.0. The number of halogens is 2. The number of aliphatic hydroxyl groups excluding tert-OH is 1. The number of likely N-dealkylation sites (tertiary alicyclic amines) is 1. The Morgan fingerprint density at radius 3 is 2.83 bits per heavy atom. The predicted octanol–water partition coefficient (Wildman–Crippen LogP) is 3.33. The summed E-state index contributed by atoms with van der Waals surface area (Å²) in [7, 11) is 0. The average Bonchev–Trinajstić information content (AvgIpc) is 2.52. The van der Waals surface area contributed by atoms with E-state index in [0.717, 1.165) is 29.4 Å². The first-order valence-electron chi connectivity index (χ1n) is 6.49. The highest BCUT2D eigenvalue weighted by Crippen LogP contribution is 2.21. The third-order valence-electron chi connectivity index (χ3n) is 3.52. The van der Waals surface area contributed by atoms with Gasteiger partial charge < -0.3 is 5.11 Å². The van der Waals surface area contributed by atoms with Crippen LogP contribution in [0, 0.1) is 5.82 Å². The molecule has 2 rings (SSSR count). The molecule has 1 aromatic carbocycles. The number of benzene rings is 1. The van der Waals surface area contributed by atoms with E-state index in [9.17, 15) is 9.50 Å². The average molecular weight is 316 g/mol. The standard InChI is InChI=1S/C14H19BrFNO/c15-12-6-11(7-13(16)8-12)9-17-5-3-1-2-4-14(17)10-18/h6-8,14,18H,1-5,9-10H2. The summed E-state index contributed by atoms with van der Waals surface area (Å²) in [5, 5.41) is 9.45. The van der Waals surface area contributed by atoms with Crippen molar-refractivity contribution in [2.24, 2.45) is 0 Å². The van der Waals surface area contributed by atoms with E-state index >= 15 is 0 Å². The van der Waals surface area contributed by atoms with Crippen molar-refractivity contribution in [3.05, 3.63) is 34.1 Å². The lowest BCUT2D eigenvalue weighted by molar-refractivity contribution is 0.118. The summed E-state index contributed by atoms with van der Waals surface area (Å²) in [6, 6.07) is 5.21. The molecule has 0 amide bonds. The lowest BCUT2D eigenvalue weighted by Gasteiger charge is -2.28. The molecule has 1 N–H and O–H groups in total. The molecule has 1 aliphatic rings. The van der Waals surface area contributed by atoms with Crippen LogP contribution in [0.2, 0.25) is 0 Å². The van der Waals surface area contributed by atoms with Crippen molar-refractivity contribution < 1.29 is 9.50 Å². The lowest BCUT2D eigenvalue weighted by atomic mass is 10.1. The number of rotatable bonds is 3. The van der Waals surface area contributed by atoms with Crippen molar-refractivity contribution in [1.29, 1.82) is 0 Å². The van der Waals surface area contributed by atoms with Gasteiger partial charge in [0, 0.05) is 17.1 Å². The van der Waals surface area contributed by atoms with E-state index in [1.807, 2.05) is 6.07 Å². The number of aliphatic hydroxyl groups is 1. The van der Waals surface area contributed by atoms with Crippen molar-refractivity contribution >= 4 is 15.9 Å². The Bertz CT molecular complexity index is 379. The van der Waals surface area contributed by atoms with E-state index in [2.05, 4.69) is 20.8 Å². The van der Waals surface area contributed by atoms with Crippen LogP contribution < -0.4 is 0 Å². The van der Waals surface area contributed by atoms with Crippen molar-refractivity contribution in [3.8, 4) is 0 Å². The fourth-order valence-electron chi connectivity index (χ4n) is 2.59. The Morgan fingerprint density at radius 1 is 1.28 bits per heavy atom.